The molecule has 2 rings (SSSR count). The molecule has 1 aromatic carbocycles. The Balaban J connectivity index is 2.17. The second-order valence-electron chi connectivity index (χ2n) is 4.27. The number of aryl methyl sites for hydroxylation is 1. The summed E-state index contributed by atoms with van der Waals surface area (Å²) < 4.78 is 0. The van der Waals surface area contributed by atoms with E-state index in [-0.39, 0.29) is 5.91 Å². The van der Waals surface area contributed by atoms with Crippen molar-refractivity contribution in [3.05, 3.63) is 45.9 Å². The van der Waals surface area contributed by atoms with Gasteiger partial charge in [-0.15, -0.1) is 11.3 Å². The Labute approximate surface area is 116 Å². The summed E-state index contributed by atoms with van der Waals surface area (Å²) in [5.74, 6) is -0.0462. The van der Waals surface area contributed by atoms with E-state index in [2.05, 4.69) is 4.98 Å². The normalized spacial score (nSPS) is 10.4. The molecule has 4 nitrogen and oxygen atoms in total. The van der Waals surface area contributed by atoms with Crippen LogP contribution in [0.3, 0.4) is 0 Å². The maximum absolute atomic E-state index is 12.3. The van der Waals surface area contributed by atoms with Gasteiger partial charge in [0.05, 0.1) is 5.01 Å². The zero-order valence-corrected chi connectivity index (χ0v) is 11.9. The lowest BCUT2D eigenvalue weighted by molar-refractivity contribution is 0.0747. The van der Waals surface area contributed by atoms with Gasteiger partial charge in [0.1, 0.15) is 5.69 Å². The Bertz CT molecular complexity index is 580. The number of nitrogens with two attached hydrogens (primary N) is 1. The number of amides is 1. The number of para-hydroxylation sites is 1. The van der Waals surface area contributed by atoms with Gasteiger partial charge in [0, 0.05) is 24.2 Å². The van der Waals surface area contributed by atoms with Crippen molar-refractivity contribution in [2.45, 2.75) is 20.4 Å². The molecule has 0 fully saturated rings. The molecular weight excluding hydrogens is 258 g/mol. The molecule has 0 radical (unpaired) electrons. The fourth-order valence-electron chi connectivity index (χ4n) is 1.83. The molecule has 0 aliphatic rings. The summed E-state index contributed by atoms with van der Waals surface area (Å²) in [4.78, 5) is 18.3. The number of benzene rings is 1. The summed E-state index contributed by atoms with van der Waals surface area (Å²) in [7, 11) is 0. The van der Waals surface area contributed by atoms with E-state index in [0.717, 1.165) is 10.6 Å². The first kappa shape index (κ1) is 13.5. The average molecular weight is 275 g/mol. The highest BCUT2D eigenvalue weighted by atomic mass is 32.1. The molecule has 1 amide bonds. The number of anilines is 1. The van der Waals surface area contributed by atoms with Crippen LogP contribution >= 0.6 is 11.3 Å². The second kappa shape index (κ2) is 5.84. The monoisotopic (exact) mass is 275 g/mol. The quantitative estimate of drug-likeness (QED) is 0.873. The second-order valence-corrected chi connectivity index (χ2v) is 5.33. The van der Waals surface area contributed by atoms with Crippen molar-refractivity contribution < 1.29 is 4.79 Å². The molecule has 100 valence electrons. The largest absolute Gasteiger partial charge is 0.398 e. The van der Waals surface area contributed by atoms with E-state index in [1.54, 1.807) is 10.3 Å². The Hall–Kier alpha value is -1.88. The molecule has 0 bridgehead atoms. The minimum absolute atomic E-state index is 0.0462. The van der Waals surface area contributed by atoms with Crippen molar-refractivity contribution >= 4 is 22.9 Å². The number of hydrogen-bond donors (Lipinski definition) is 1. The molecule has 2 N–H and O–H groups in total. The van der Waals surface area contributed by atoms with Gasteiger partial charge in [-0.05, 0) is 25.5 Å². The summed E-state index contributed by atoms with van der Waals surface area (Å²) >= 11 is 1.49. The zero-order chi connectivity index (χ0) is 13.8. The SMILES string of the molecule is CCN(Cc1ccccc1N)C(=O)c1csc(C)n1. The summed E-state index contributed by atoms with van der Waals surface area (Å²) in [5, 5.41) is 2.70. The minimum Gasteiger partial charge on any atom is -0.398 e. The van der Waals surface area contributed by atoms with Gasteiger partial charge >= 0.3 is 0 Å². The number of rotatable bonds is 4. The third kappa shape index (κ3) is 3.12. The summed E-state index contributed by atoms with van der Waals surface area (Å²) in [5.41, 5.74) is 8.10. The molecular formula is C14H17N3OS. The molecule has 0 unspecified atom stereocenters. The van der Waals surface area contributed by atoms with Crippen LogP contribution < -0.4 is 5.73 Å². The first-order valence-corrected chi connectivity index (χ1v) is 7.04. The Morgan fingerprint density at radius 3 is 2.74 bits per heavy atom. The van der Waals surface area contributed by atoms with Crippen LogP contribution in [0.15, 0.2) is 29.6 Å². The lowest BCUT2D eigenvalue weighted by Crippen LogP contribution is -2.30. The molecule has 19 heavy (non-hydrogen) atoms. The van der Waals surface area contributed by atoms with Crippen molar-refractivity contribution in [2.75, 3.05) is 12.3 Å². The molecule has 0 saturated carbocycles. The molecule has 2 aromatic rings. The van der Waals surface area contributed by atoms with Crippen molar-refractivity contribution in [1.29, 1.82) is 0 Å². The van der Waals surface area contributed by atoms with E-state index in [9.17, 15) is 4.79 Å². The molecule has 1 aromatic heterocycles. The van der Waals surface area contributed by atoms with Gasteiger partial charge in [-0.1, -0.05) is 18.2 Å². The van der Waals surface area contributed by atoms with E-state index < -0.39 is 0 Å². The fourth-order valence-corrected chi connectivity index (χ4v) is 2.42. The maximum atomic E-state index is 12.3. The first-order chi connectivity index (χ1) is 9.11. The van der Waals surface area contributed by atoms with E-state index in [1.807, 2.05) is 38.1 Å². The number of nitrogens with zero attached hydrogens (tertiary/aromatic N) is 2. The summed E-state index contributed by atoms with van der Waals surface area (Å²) in [6, 6.07) is 7.61. The number of thiazole rings is 1. The Morgan fingerprint density at radius 1 is 1.42 bits per heavy atom. The van der Waals surface area contributed by atoms with Crippen molar-refractivity contribution in [2.24, 2.45) is 0 Å². The third-order valence-corrected chi connectivity index (χ3v) is 3.70. The van der Waals surface area contributed by atoms with Gasteiger partial charge in [0.15, 0.2) is 0 Å². The minimum atomic E-state index is -0.0462. The topological polar surface area (TPSA) is 59.2 Å². The van der Waals surface area contributed by atoms with Gasteiger partial charge in [-0.25, -0.2) is 4.98 Å². The lowest BCUT2D eigenvalue weighted by atomic mass is 10.1. The van der Waals surface area contributed by atoms with Crippen molar-refractivity contribution in [3.63, 3.8) is 0 Å². The number of carbonyl (C=O) groups excluding carboxylic acids is 1. The third-order valence-electron chi connectivity index (χ3n) is 2.92. The van der Waals surface area contributed by atoms with Gasteiger partial charge in [-0.2, -0.15) is 0 Å². The molecule has 0 atom stereocenters. The average Bonchev–Trinajstić information content (AvgIpc) is 2.84. The van der Waals surface area contributed by atoms with Crippen LogP contribution in [0, 0.1) is 6.92 Å². The maximum Gasteiger partial charge on any atom is 0.273 e. The van der Waals surface area contributed by atoms with E-state index in [0.29, 0.717) is 24.5 Å². The summed E-state index contributed by atoms with van der Waals surface area (Å²) in [6.45, 7) is 4.99. The van der Waals surface area contributed by atoms with E-state index in [1.165, 1.54) is 11.3 Å². The van der Waals surface area contributed by atoms with E-state index in [4.69, 9.17) is 5.73 Å². The highest BCUT2D eigenvalue weighted by molar-refractivity contribution is 7.09. The number of hydrogen-bond acceptors (Lipinski definition) is 4. The molecule has 0 aliphatic heterocycles. The zero-order valence-electron chi connectivity index (χ0n) is 11.1. The molecule has 0 saturated heterocycles. The number of aromatic nitrogens is 1. The van der Waals surface area contributed by atoms with Crippen molar-refractivity contribution in [1.82, 2.24) is 9.88 Å². The van der Waals surface area contributed by atoms with Crippen LogP contribution in [0.5, 0.6) is 0 Å². The van der Waals surface area contributed by atoms with Crippen LogP contribution in [0.25, 0.3) is 0 Å². The van der Waals surface area contributed by atoms with Crippen LogP contribution in [-0.4, -0.2) is 22.3 Å². The van der Waals surface area contributed by atoms with Crippen LogP contribution in [0.4, 0.5) is 5.69 Å². The lowest BCUT2D eigenvalue weighted by Gasteiger charge is -2.20. The smallest absolute Gasteiger partial charge is 0.273 e. The van der Waals surface area contributed by atoms with Crippen LogP contribution in [-0.2, 0) is 6.54 Å². The molecule has 0 aliphatic carbocycles. The molecule has 1 heterocycles. The van der Waals surface area contributed by atoms with Crippen LogP contribution in [0.1, 0.15) is 28.0 Å². The number of carbonyl (C=O) groups is 1. The number of nitrogen functional groups attached to an aromatic ring is 1. The fraction of sp³-hybridized carbons (Fsp3) is 0.286. The highest BCUT2D eigenvalue weighted by Crippen LogP contribution is 2.16. The Morgan fingerprint density at radius 2 is 2.16 bits per heavy atom. The van der Waals surface area contributed by atoms with Gasteiger partial charge in [0.2, 0.25) is 0 Å². The standard InChI is InChI=1S/C14H17N3OS/c1-3-17(8-11-6-4-5-7-12(11)15)14(18)13-9-19-10(2)16-13/h4-7,9H,3,8,15H2,1-2H3. The first-order valence-electron chi connectivity index (χ1n) is 6.16. The van der Waals surface area contributed by atoms with Gasteiger partial charge in [0.25, 0.3) is 5.91 Å². The predicted octanol–water partition coefficient (Wildman–Crippen LogP) is 2.70. The summed E-state index contributed by atoms with van der Waals surface area (Å²) in [6.07, 6.45) is 0. The predicted molar refractivity (Wildman–Crippen MR) is 78.1 cm³/mol. The Kier molecular flexibility index (Phi) is 4.16. The highest BCUT2D eigenvalue weighted by Gasteiger charge is 2.17. The van der Waals surface area contributed by atoms with E-state index >= 15 is 0 Å². The molecule has 0 spiro atoms. The van der Waals surface area contributed by atoms with Crippen LogP contribution in [0.2, 0.25) is 0 Å². The van der Waals surface area contributed by atoms with Gasteiger partial charge < -0.3 is 10.6 Å². The van der Waals surface area contributed by atoms with Crippen molar-refractivity contribution in [3.8, 4) is 0 Å². The molecule has 5 heteroatoms. The van der Waals surface area contributed by atoms with Gasteiger partial charge in [-0.3, -0.25) is 4.79 Å².